The number of pyridine rings is 1. The van der Waals surface area contributed by atoms with Crippen molar-refractivity contribution >= 4 is 17.7 Å². The molecule has 0 bridgehead atoms. The number of aliphatic imine (C=N–C) groups is 1. The number of hydrogen-bond donors (Lipinski definition) is 2. The number of guanidine groups is 1. The van der Waals surface area contributed by atoms with Gasteiger partial charge in [-0.05, 0) is 30.9 Å². The van der Waals surface area contributed by atoms with Gasteiger partial charge in [-0.15, -0.1) is 0 Å². The van der Waals surface area contributed by atoms with Gasteiger partial charge < -0.3 is 20.1 Å². The molecule has 27 heavy (non-hydrogen) atoms. The lowest BCUT2D eigenvalue weighted by molar-refractivity contribution is 0.212. The molecule has 0 aliphatic rings. The molecule has 2 aromatic rings. The standard InChI is InChI=1S/C20H28N4O2S/c1-3-21-20(22-11-14-27-2)24-16-17-9-10-19(23-15-17)26-13-12-25-18-7-5-4-6-8-18/h4-10,15H,3,11-14,16H2,1-2H3,(H2,21,22,24). The van der Waals surface area contributed by atoms with Crippen LogP contribution < -0.4 is 20.1 Å². The molecular weight excluding hydrogens is 360 g/mol. The van der Waals surface area contributed by atoms with Gasteiger partial charge in [0.15, 0.2) is 5.96 Å². The molecule has 0 aliphatic carbocycles. The van der Waals surface area contributed by atoms with Gasteiger partial charge in [0.1, 0.15) is 19.0 Å². The van der Waals surface area contributed by atoms with Crippen LogP contribution in [0.3, 0.4) is 0 Å². The highest BCUT2D eigenvalue weighted by Crippen LogP contribution is 2.10. The number of ether oxygens (including phenoxy) is 2. The van der Waals surface area contributed by atoms with Gasteiger partial charge in [0, 0.05) is 31.1 Å². The molecule has 1 heterocycles. The molecule has 0 aliphatic heterocycles. The molecule has 0 amide bonds. The van der Waals surface area contributed by atoms with Crippen LogP contribution in [0.4, 0.5) is 0 Å². The van der Waals surface area contributed by atoms with E-state index in [0.717, 1.165) is 36.1 Å². The molecule has 2 rings (SSSR count). The Morgan fingerprint density at radius 3 is 2.59 bits per heavy atom. The molecular formula is C20H28N4O2S. The first-order valence-corrected chi connectivity index (χ1v) is 10.5. The maximum absolute atomic E-state index is 5.61. The summed E-state index contributed by atoms with van der Waals surface area (Å²) in [6.45, 7) is 5.28. The van der Waals surface area contributed by atoms with Gasteiger partial charge in [0.25, 0.3) is 0 Å². The van der Waals surface area contributed by atoms with Crippen molar-refractivity contribution in [2.24, 2.45) is 4.99 Å². The molecule has 6 nitrogen and oxygen atoms in total. The largest absolute Gasteiger partial charge is 0.490 e. The molecule has 0 unspecified atom stereocenters. The molecule has 1 aromatic carbocycles. The number of benzene rings is 1. The van der Waals surface area contributed by atoms with Crippen molar-refractivity contribution in [3.8, 4) is 11.6 Å². The van der Waals surface area contributed by atoms with Gasteiger partial charge in [-0.25, -0.2) is 9.98 Å². The topological polar surface area (TPSA) is 67.8 Å². The zero-order valence-electron chi connectivity index (χ0n) is 16.0. The second-order valence-corrected chi connectivity index (χ2v) is 6.61. The van der Waals surface area contributed by atoms with E-state index in [2.05, 4.69) is 33.8 Å². The normalized spacial score (nSPS) is 11.1. The summed E-state index contributed by atoms with van der Waals surface area (Å²) in [5, 5.41) is 6.55. The number of para-hydroxylation sites is 1. The summed E-state index contributed by atoms with van der Waals surface area (Å²) < 4.78 is 11.2. The first-order valence-electron chi connectivity index (χ1n) is 9.08. The van der Waals surface area contributed by atoms with Crippen molar-refractivity contribution in [2.75, 3.05) is 38.3 Å². The summed E-state index contributed by atoms with van der Waals surface area (Å²) in [7, 11) is 0. The van der Waals surface area contributed by atoms with Gasteiger partial charge in [-0.2, -0.15) is 11.8 Å². The van der Waals surface area contributed by atoms with Gasteiger partial charge in [0.2, 0.25) is 5.88 Å². The lowest BCUT2D eigenvalue weighted by Gasteiger charge is -2.10. The van der Waals surface area contributed by atoms with Crippen LogP contribution in [0.15, 0.2) is 53.7 Å². The molecule has 146 valence electrons. The summed E-state index contributed by atoms with van der Waals surface area (Å²) in [6.07, 6.45) is 3.89. The average molecular weight is 389 g/mol. The number of rotatable bonds is 11. The maximum Gasteiger partial charge on any atom is 0.213 e. The van der Waals surface area contributed by atoms with E-state index >= 15 is 0 Å². The van der Waals surface area contributed by atoms with Gasteiger partial charge in [0.05, 0.1) is 6.54 Å². The fraction of sp³-hybridized carbons (Fsp3) is 0.400. The Bertz CT molecular complexity index is 665. The Morgan fingerprint density at radius 1 is 1.07 bits per heavy atom. The van der Waals surface area contributed by atoms with Gasteiger partial charge in [-0.1, -0.05) is 24.3 Å². The first kappa shape index (κ1) is 20.9. The summed E-state index contributed by atoms with van der Waals surface area (Å²) in [6, 6.07) is 13.5. The lowest BCUT2D eigenvalue weighted by Crippen LogP contribution is -2.38. The molecule has 0 spiro atoms. The number of aromatic nitrogens is 1. The van der Waals surface area contributed by atoms with Gasteiger partial charge >= 0.3 is 0 Å². The van der Waals surface area contributed by atoms with Crippen molar-refractivity contribution in [1.82, 2.24) is 15.6 Å². The molecule has 7 heteroatoms. The van der Waals surface area contributed by atoms with Crippen molar-refractivity contribution in [2.45, 2.75) is 13.5 Å². The van der Waals surface area contributed by atoms with Crippen molar-refractivity contribution < 1.29 is 9.47 Å². The van der Waals surface area contributed by atoms with E-state index in [4.69, 9.17) is 9.47 Å². The number of thioether (sulfide) groups is 1. The second-order valence-electron chi connectivity index (χ2n) is 5.63. The van der Waals surface area contributed by atoms with Crippen LogP contribution >= 0.6 is 11.8 Å². The van der Waals surface area contributed by atoms with E-state index in [1.807, 2.05) is 42.5 Å². The van der Waals surface area contributed by atoms with E-state index in [-0.39, 0.29) is 0 Å². The minimum absolute atomic E-state index is 0.448. The highest BCUT2D eigenvalue weighted by atomic mass is 32.2. The van der Waals surface area contributed by atoms with E-state index in [9.17, 15) is 0 Å². The number of nitrogens with zero attached hydrogens (tertiary/aromatic N) is 2. The van der Waals surface area contributed by atoms with Crippen LogP contribution in [0.5, 0.6) is 11.6 Å². The smallest absolute Gasteiger partial charge is 0.213 e. The van der Waals surface area contributed by atoms with Crippen LogP contribution in [0.2, 0.25) is 0 Å². The SMILES string of the molecule is CCNC(=NCc1ccc(OCCOc2ccccc2)nc1)NCCSC. The Labute approximate surface area is 165 Å². The zero-order chi connectivity index (χ0) is 19.2. The molecule has 0 fully saturated rings. The Kier molecular flexibility index (Phi) is 9.96. The number of hydrogen-bond acceptors (Lipinski definition) is 5. The molecule has 0 saturated heterocycles. The minimum atomic E-state index is 0.448. The van der Waals surface area contributed by atoms with Crippen molar-refractivity contribution in [3.63, 3.8) is 0 Å². The van der Waals surface area contributed by atoms with Crippen LogP contribution in [0, 0.1) is 0 Å². The van der Waals surface area contributed by atoms with Crippen LogP contribution in [0.25, 0.3) is 0 Å². The summed E-state index contributed by atoms with van der Waals surface area (Å²) in [5.74, 6) is 3.30. The zero-order valence-corrected chi connectivity index (χ0v) is 16.8. The first-order chi connectivity index (χ1) is 13.3. The second kappa shape index (κ2) is 12.9. The van der Waals surface area contributed by atoms with Crippen molar-refractivity contribution in [3.05, 3.63) is 54.2 Å². The minimum Gasteiger partial charge on any atom is -0.490 e. The van der Waals surface area contributed by atoms with E-state index in [0.29, 0.717) is 25.6 Å². The fourth-order valence-electron chi connectivity index (χ4n) is 2.20. The van der Waals surface area contributed by atoms with Gasteiger partial charge in [-0.3, -0.25) is 0 Å². The third-order valence-corrected chi connectivity index (χ3v) is 4.12. The molecule has 1 aromatic heterocycles. The Morgan fingerprint density at radius 2 is 1.89 bits per heavy atom. The predicted octanol–water partition coefficient (Wildman–Crippen LogP) is 2.96. The van der Waals surface area contributed by atoms with E-state index in [1.165, 1.54) is 0 Å². The number of nitrogens with one attached hydrogen (secondary N) is 2. The predicted molar refractivity (Wildman–Crippen MR) is 113 cm³/mol. The highest BCUT2D eigenvalue weighted by Gasteiger charge is 2.00. The maximum atomic E-state index is 5.61. The van der Waals surface area contributed by atoms with Crippen LogP contribution in [-0.2, 0) is 6.54 Å². The summed E-state index contributed by atoms with van der Waals surface area (Å²) in [4.78, 5) is 8.91. The van der Waals surface area contributed by atoms with Crippen LogP contribution in [-0.4, -0.2) is 49.3 Å². The third-order valence-electron chi connectivity index (χ3n) is 3.51. The fourth-order valence-corrected chi connectivity index (χ4v) is 2.50. The molecule has 0 saturated carbocycles. The Balaban J connectivity index is 1.73. The van der Waals surface area contributed by atoms with Crippen molar-refractivity contribution in [1.29, 1.82) is 0 Å². The quantitative estimate of drug-likeness (QED) is 0.350. The van der Waals surface area contributed by atoms with Crippen LogP contribution in [0.1, 0.15) is 12.5 Å². The lowest BCUT2D eigenvalue weighted by atomic mass is 10.3. The highest BCUT2D eigenvalue weighted by molar-refractivity contribution is 7.98. The monoisotopic (exact) mass is 388 g/mol. The summed E-state index contributed by atoms with van der Waals surface area (Å²) >= 11 is 1.81. The Hall–Kier alpha value is -2.41. The average Bonchev–Trinajstić information content (AvgIpc) is 2.71. The third kappa shape index (κ3) is 8.68. The summed E-state index contributed by atoms with van der Waals surface area (Å²) in [5.41, 5.74) is 1.03. The molecule has 0 atom stereocenters. The van der Waals surface area contributed by atoms with E-state index < -0.39 is 0 Å². The molecule has 0 radical (unpaired) electrons. The van der Waals surface area contributed by atoms with E-state index in [1.54, 1.807) is 18.0 Å². The molecule has 2 N–H and O–H groups in total.